The molecule has 3 N–H and O–H groups in total. The van der Waals surface area contributed by atoms with Gasteiger partial charge < -0.3 is 15.7 Å². The Morgan fingerprint density at radius 3 is 2.78 bits per heavy atom. The van der Waals surface area contributed by atoms with Crippen molar-refractivity contribution in [3.8, 4) is 0 Å². The van der Waals surface area contributed by atoms with Crippen LogP contribution in [-0.4, -0.2) is 47.8 Å². The predicted molar refractivity (Wildman–Crippen MR) is 78.3 cm³/mol. The molecule has 0 bridgehead atoms. The van der Waals surface area contributed by atoms with Crippen molar-refractivity contribution in [1.29, 1.82) is 0 Å². The van der Waals surface area contributed by atoms with Crippen LogP contribution in [0.5, 0.6) is 0 Å². The van der Waals surface area contributed by atoms with E-state index in [4.69, 9.17) is 0 Å². The summed E-state index contributed by atoms with van der Waals surface area (Å²) >= 11 is 1.63. The number of hydrogen-bond donors (Lipinski definition) is 3. The van der Waals surface area contributed by atoms with Gasteiger partial charge in [0, 0.05) is 24.9 Å². The fraction of sp³-hybridized carbons (Fsp3) is 0.923. The molecular weight excluding hydrogens is 246 g/mol. The van der Waals surface area contributed by atoms with Crippen LogP contribution < -0.4 is 10.6 Å². The molecule has 1 saturated carbocycles. The lowest BCUT2D eigenvalue weighted by atomic mass is 10.1. The summed E-state index contributed by atoms with van der Waals surface area (Å²) in [6, 6.07) is 0.620. The van der Waals surface area contributed by atoms with Crippen LogP contribution in [0.2, 0.25) is 0 Å². The Labute approximate surface area is 114 Å². The topological polar surface area (TPSA) is 56.6 Å². The Kier molecular flexibility index (Phi) is 6.31. The Hall–Kier alpha value is -0.260. The molecular formula is C13H25N3OS. The van der Waals surface area contributed by atoms with Crippen LogP contribution in [0.4, 0.5) is 0 Å². The third-order valence-electron chi connectivity index (χ3n) is 3.55. The molecule has 2 aliphatic rings. The molecule has 1 aliphatic heterocycles. The van der Waals surface area contributed by atoms with Gasteiger partial charge in [-0.15, -0.1) is 0 Å². The summed E-state index contributed by atoms with van der Waals surface area (Å²) in [6.45, 7) is 2.53. The molecule has 0 radical (unpaired) electrons. The summed E-state index contributed by atoms with van der Waals surface area (Å²) < 4.78 is 0. The molecule has 18 heavy (non-hydrogen) atoms. The van der Waals surface area contributed by atoms with Gasteiger partial charge in [0.2, 0.25) is 0 Å². The molecule has 0 aromatic heterocycles. The van der Waals surface area contributed by atoms with Gasteiger partial charge in [0.15, 0.2) is 5.17 Å². The van der Waals surface area contributed by atoms with E-state index in [9.17, 15) is 5.11 Å². The highest BCUT2D eigenvalue weighted by Crippen LogP contribution is 2.17. The minimum Gasteiger partial charge on any atom is -0.391 e. The van der Waals surface area contributed by atoms with Gasteiger partial charge in [-0.3, -0.25) is 4.99 Å². The molecule has 1 heterocycles. The monoisotopic (exact) mass is 271 g/mol. The second-order valence-electron chi connectivity index (χ2n) is 5.18. The summed E-state index contributed by atoms with van der Waals surface area (Å²) in [5, 5.41) is 17.7. The van der Waals surface area contributed by atoms with Crippen LogP contribution in [0.1, 0.15) is 38.5 Å². The van der Waals surface area contributed by atoms with Gasteiger partial charge in [-0.2, -0.15) is 0 Å². The zero-order chi connectivity index (χ0) is 12.6. The average Bonchev–Trinajstić information content (AvgIpc) is 2.76. The third-order valence-corrected chi connectivity index (χ3v) is 4.65. The minimum absolute atomic E-state index is 0.275. The SMILES string of the molecule is OC(CNC1CCCCCC1)CSC1=NCCN1. The number of amidine groups is 1. The van der Waals surface area contributed by atoms with Crippen LogP contribution in [0, 0.1) is 0 Å². The molecule has 0 aromatic rings. The molecule has 1 unspecified atom stereocenters. The number of aliphatic hydroxyl groups excluding tert-OH is 1. The largest absolute Gasteiger partial charge is 0.391 e. The molecule has 2 rings (SSSR count). The van der Waals surface area contributed by atoms with Gasteiger partial charge in [-0.1, -0.05) is 37.4 Å². The van der Waals surface area contributed by atoms with E-state index in [2.05, 4.69) is 15.6 Å². The molecule has 5 heteroatoms. The zero-order valence-electron chi connectivity index (χ0n) is 11.0. The average molecular weight is 271 g/mol. The first-order valence-corrected chi connectivity index (χ1v) is 8.16. The van der Waals surface area contributed by atoms with Crippen molar-refractivity contribution in [2.75, 3.05) is 25.4 Å². The molecule has 104 valence electrons. The van der Waals surface area contributed by atoms with Crippen LogP contribution >= 0.6 is 11.8 Å². The van der Waals surface area contributed by atoms with E-state index < -0.39 is 0 Å². The van der Waals surface area contributed by atoms with E-state index in [-0.39, 0.29) is 6.10 Å². The van der Waals surface area contributed by atoms with E-state index in [1.54, 1.807) is 11.8 Å². The van der Waals surface area contributed by atoms with E-state index in [0.717, 1.165) is 24.0 Å². The number of nitrogens with one attached hydrogen (secondary N) is 2. The second kappa shape index (κ2) is 8.02. The van der Waals surface area contributed by atoms with Gasteiger partial charge in [0.25, 0.3) is 0 Å². The lowest BCUT2D eigenvalue weighted by Gasteiger charge is -2.18. The number of hydrogen-bond acceptors (Lipinski definition) is 5. The smallest absolute Gasteiger partial charge is 0.156 e. The van der Waals surface area contributed by atoms with Crippen LogP contribution in [0.25, 0.3) is 0 Å². The molecule has 0 aromatic carbocycles. The lowest BCUT2D eigenvalue weighted by Crippen LogP contribution is -2.36. The minimum atomic E-state index is -0.275. The first-order valence-electron chi connectivity index (χ1n) is 7.17. The maximum Gasteiger partial charge on any atom is 0.156 e. The standard InChI is InChI=1S/C13H25N3OS/c17-12(10-18-13-14-7-8-15-13)9-16-11-5-3-1-2-4-6-11/h11-12,16-17H,1-10H2,(H,14,15). The number of nitrogens with zero attached hydrogens (tertiary/aromatic N) is 1. The maximum atomic E-state index is 9.94. The summed E-state index contributed by atoms with van der Waals surface area (Å²) in [7, 11) is 0. The number of aliphatic hydroxyl groups is 1. The Morgan fingerprint density at radius 2 is 2.11 bits per heavy atom. The molecule has 0 saturated heterocycles. The molecule has 1 atom stereocenters. The highest BCUT2D eigenvalue weighted by atomic mass is 32.2. The van der Waals surface area contributed by atoms with E-state index in [0.29, 0.717) is 12.6 Å². The predicted octanol–water partition coefficient (Wildman–Crippen LogP) is 1.35. The number of aliphatic imine (C=N–C) groups is 1. The van der Waals surface area contributed by atoms with Crippen molar-refractivity contribution < 1.29 is 5.11 Å². The Bertz CT molecular complexity index is 265. The molecule has 1 fully saturated rings. The Balaban J connectivity index is 1.57. The molecule has 4 nitrogen and oxygen atoms in total. The molecule has 1 aliphatic carbocycles. The van der Waals surface area contributed by atoms with Gasteiger partial charge in [-0.25, -0.2) is 0 Å². The fourth-order valence-corrected chi connectivity index (χ4v) is 3.35. The van der Waals surface area contributed by atoms with Crippen molar-refractivity contribution in [2.24, 2.45) is 4.99 Å². The summed E-state index contributed by atoms with van der Waals surface area (Å²) in [5.74, 6) is 0.728. The van der Waals surface area contributed by atoms with Crippen molar-refractivity contribution in [3.63, 3.8) is 0 Å². The fourth-order valence-electron chi connectivity index (χ4n) is 2.49. The van der Waals surface area contributed by atoms with Gasteiger partial charge >= 0.3 is 0 Å². The summed E-state index contributed by atoms with van der Waals surface area (Å²) in [6.07, 6.45) is 7.70. The van der Waals surface area contributed by atoms with Gasteiger partial charge in [-0.05, 0) is 12.8 Å². The van der Waals surface area contributed by atoms with Gasteiger partial charge in [0.05, 0.1) is 12.6 Å². The van der Waals surface area contributed by atoms with Crippen LogP contribution in [0.15, 0.2) is 4.99 Å². The maximum absolute atomic E-state index is 9.94. The molecule has 0 amide bonds. The van der Waals surface area contributed by atoms with E-state index in [1.807, 2.05) is 0 Å². The zero-order valence-corrected chi connectivity index (χ0v) is 11.8. The summed E-state index contributed by atoms with van der Waals surface area (Å²) in [4.78, 5) is 4.31. The van der Waals surface area contributed by atoms with Crippen LogP contribution in [0.3, 0.4) is 0 Å². The quantitative estimate of drug-likeness (QED) is 0.661. The lowest BCUT2D eigenvalue weighted by molar-refractivity contribution is 0.189. The van der Waals surface area contributed by atoms with Crippen molar-refractivity contribution in [2.45, 2.75) is 50.7 Å². The summed E-state index contributed by atoms with van der Waals surface area (Å²) in [5.41, 5.74) is 0. The van der Waals surface area contributed by atoms with E-state index in [1.165, 1.54) is 38.5 Å². The Morgan fingerprint density at radius 1 is 1.33 bits per heavy atom. The molecule has 0 spiro atoms. The number of thioether (sulfide) groups is 1. The van der Waals surface area contributed by atoms with Crippen LogP contribution in [-0.2, 0) is 0 Å². The first-order chi connectivity index (χ1) is 8.84. The highest BCUT2D eigenvalue weighted by Gasteiger charge is 2.14. The van der Waals surface area contributed by atoms with Crippen molar-refractivity contribution >= 4 is 16.9 Å². The number of rotatable bonds is 5. The normalized spacial score (nSPS) is 23.3. The van der Waals surface area contributed by atoms with Crippen molar-refractivity contribution in [3.05, 3.63) is 0 Å². The highest BCUT2D eigenvalue weighted by molar-refractivity contribution is 8.13. The van der Waals surface area contributed by atoms with E-state index >= 15 is 0 Å². The van der Waals surface area contributed by atoms with Gasteiger partial charge in [0.1, 0.15) is 0 Å². The second-order valence-corrected chi connectivity index (χ2v) is 6.18. The van der Waals surface area contributed by atoms with Crippen molar-refractivity contribution in [1.82, 2.24) is 10.6 Å². The first kappa shape index (κ1) is 14.2. The third kappa shape index (κ3) is 5.16.